The number of aliphatic hydroxyl groups is 1. The summed E-state index contributed by atoms with van der Waals surface area (Å²) in [5.74, 6) is 6.46. The highest BCUT2D eigenvalue weighted by Gasteiger charge is 2.19. The fourth-order valence-corrected chi connectivity index (χ4v) is 3.78. The topological polar surface area (TPSA) is 102 Å². The van der Waals surface area contributed by atoms with Gasteiger partial charge in [-0.05, 0) is 64.1 Å². The molecule has 0 aliphatic carbocycles. The molecular weight excluding hydrogens is 426 g/mol. The molecule has 0 saturated heterocycles. The minimum atomic E-state index is -1.11. The van der Waals surface area contributed by atoms with E-state index in [9.17, 15) is 9.90 Å². The molecule has 1 amide bonds. The number of amides is 1. The molecule has 4 aromatic rings. The summed E-state index contributed by atoms with van der Waals surface area (Å²) >= 11 is 1.51. The zero-order chi connectivity index (χ0) is 23.1. The average Bonchev–Trinajstić information content (AvgIpc) is 3.30. The van der Waals surface area contributed by atoms with E-state index in [1.165, 1.54) is 11.3 Å². The molecule has 4 heterocycles. The molecule has 0 aliphatic rings. The van der Waals surface area contributed by atoms with E-state index in [0.717, 1.165) is 15.6 Å². The van der Waals surface area contributed by atoms with Crippen molar-refractivity contribution in [1.82, 2.24) is 19.5 Å². The monoisotopic (exact) mass is 449 g/mol. The molecule has 0 unspecified atom stereocenters. The van der Waals surface area contributed by atoms with Crippen LogP contribution in [-0.2, 0) is 4.74 Å². The van der Waals surface area contributed by atoms with Crippen LogP contribution in [0.3, 0.4) is 0 Å². The molecule has 0 saturated carbocycles. The molecular formula is C23H23N5O3S. The maximum absolute atomic E-state index is 12.2. The Labute approximate surface area is 189 Å². The van der Waals surface area contributed by atoms with Crippen LogP contribution in [0.25, 0.3) is 26.9 Å². The Bertz CT molecular complexity index is 1380. The summed E-state index contributed by atoms with van der Waals surface area (Å²) < 4.78 is 8.11. The van der Waals surface area contributed by atoms with Gasteiger partial charge in [-0.1, -0.05) is 5.92 Å². The summed E-state index contributed by atoms with van der Waals surface area (Å²) in [7, 11) is 0. The van der Waals surface area contributed by atoms with Crippen molar-refractivity contribution in [2.45, 2.75) is 45.8 Å². The highest BCUT2D eigenvalue weighted by atomic mass is 32.1. The molecule has 0 aromatic carbocycles. The summed E-state index contributed by atoms with van der Waals surface area (Å²) in [6, 6.07) is 5.65. The normalized spacial score (nSPS) is 11.9. The van der Waals surface area contributed by atoms with Gasteiger partial charge in [0.1, 0.15) is 16.9 Å². The largest absolute Gasteiger partial charge is 0.444 e. The van der Waals surface area contributed by atoms with Crippen LogP contribution in [0.1, 0.15) is 40.3 Å². The van der Waals surface area contributed by atoms with E-state index < -0.39 is 17.3 Å². The predicted octanol–water partition coefficient (Wildman–Crippen LogP) is 4.50. The van der Waals surface area contributed by atoms with Crippen molar-refractivity contribution < 1.29 is 14.6 Å². The summed E-state index contributed by atoms with van der Waals surface area (Å²) in [6.45, 7) is 8.61. The number of carbonyl (C=O) groups is 1. The Morgan fingerprint density at radius 1 is 1.22 bits per heavy atom. The number of ether oxygens (including phenoxy) is 1. The Kier molecular flexibility index (Phi) is 5.36. The lowest BCUT2D eigenvalue weighted by Gasteiger charge is -2.19. The zero-order valence-corrected chi connectivity index (χ0v) is 19.2. The van der Waals surface area contributed by atoms with Gasteiger partial charge in [-0.3, -0.25) is 9.88 Å². The highest BCUT2D eigenvalue weighted by molar-refractivity contribution is 7.17. The Balaban J connectivity index is 1.79. The van der Waals surface area contributed by atoms with Crippen LogP contribution >= 0.6 is 11.3 Å². The molecule has 0 bridgehead atoms. The number of rotatable bonds is 2. The number of fused-ring (bicyclic) bond motifs is 2. The number of hydrogen-bond acceptors (Lipinski definition) is 7. The summed E-state index contributed by atoms with van der Waals surface area (Å²) in [4.78, 5) is 25.7. The molecule has 9 heteroatoms. The number of nitrogens with zero attached hydrogens (tertiary/aromatic N) is 4. The first kappa shape index (κ1) is 21.7. The Morgan fingerprint density at radius 3 is 2.72 bits per heavy atom. The summed E-state index contributed by atoms with van der Waals surface area (Å²) in [5, 5.41) is 15.3. The molecule has 4 rings (SSSR count). The minimum Gasteiger partial charge on any atom is -0.444 e. The van der Waals surface area contributed by atoms with Crippen molar-refractivity contribution in [2.75, 3.05) is 5.32 Å². The van der Waals surface area contributed by atoms with E-state index in [1.807, 2.05) is 34.3 Å². The summed E-state index contributed by atoms with van der Waals surface area (Å²) in [5.41, 5.74) is 0.337. The maximum atomic E-state index is 12.2. The second-order valence-electron chi connectivity index (χ2n) is 8.76. The second-order valence-corrected chi connectivity index (χ2v) is 9.67. The van der Waals surface area contributed by atoms with Crippen molar-refractivity contribution in [3.63, 3.8) is 0 Å². The van der Waals surface area contributed by atoms with Crippen LogP contribution < -0.4 is 5.32 Å². The SMILES string of the molecule is CC(C)(O)C#Cc1cc2c(ccn2-c2nc(NC(=O)OC(C)(C)C)nc3ccsc23)cn1. The third-order valence-electron chi connectivity index (χ3n) is 4.20. The van der Waals surface area contributed by atoms with Crippen molar-refractivity contribution in [2.24, 2.45) is 0 Å². The molecule has 2 N–H and O–H groups in total. The van der Waals surface area contributed by atoms with E-state index in [0.29, 0.717) is 17.0 Å². The number of pyridine rings is 1. The lowest BCUT2D eigenvalue weighted by atomic mass is 10.1. The fraction of sp³-hybridized carbons (Fsp3) is 0.304. The smallest absolute Gasteiger partial charge is 0.414 e. The van der Waals surface area contributed by atoms with Crippen molar-refractivity contribution in [3.05, 3.63) is 41.7 Å². The first-order valence-electron chi connectivity index (χ1n) is 9.97. The van der Waals surface area contributed by atoms with Crippen LogP contribution in [0.2, 0.25) is 0 Å². The number of aromatic nitrogens is 4. The van der Waals surface area contributed by atoms with E-state index in [-0.39, 0.29) is 5.95 Å². The third kappa shape index (κ3) is 4.88. The van der Waals surface area contributed by atoms with E-state index >= 15 is 0 Å². The van der Waals surface area contributed by atoms with Gasteiger partial charge in [-0.25, -0.2) is 14.8 Å². The van der Waals surface area contributed by atoms with Gasteiger partial charge in [-0.2, -0.15) is 4.98 Å². The van der Waals surface area contributed by atoms with Crippen LogP contribution in [0.4, 0.5) is 10.7 Å². The highest BCUT2D eigenvalue weighted by Crippen LogP contribution is 2.29. The van der Waals surface area contributed by atoms with Gasteiger partial charge in [-0.15, -0.1) is 11.3 Å². The second kappa shape index (κ2) is 7.89. The Morgan fingerprint density at radius 2 is 2.00 bits per heavy atom. The third-order valence-corrected chi connectivity index (χ3v) is 5.10. The minimum absolute atomic E-state index is 0.151. The summed E-state index contributed by atoms with van der Waals surface area (Å²) in [6.07, 6.45) is 2.99. The van der Waals surface area contributed by atoms with Crippen LogP contribution in [0, 0.1) is 11.8 Å². The molecule has 0 atom stereocenters. The lowest BCUT2D eigenvalue weighted by Crippen LogP contribution is -2.27. The number of thiophene rings is 1. The fourth-order valence-electron chi connectivity index (χ4n) is 2.96. The van der Waals surface area contributed by atoms with Gasteiger partial charge in [0, 0.05) is 17.8 Å². The molecule has 0 radical (unpaired) electrons. The molecule has 8 nitrogen and oxygen atoms in total. The van der Waals surface area contributed by atoms with Crippen molar-refractivity contribution >= 4 is 44.5 Å². The molecule has 164 valence electrons. The van der Waals surface area contributed by atoms with E-state index in [1.54, 1.807) is 40.8 Å². The van der Waals surface area contributed by atoms with Gasteiger partial charge < -0.3 is 9.84 Å². The number of hydrogen-bond donors (Lipinski definition) is 2. The van der Waals surface area contributed by atoms with Crippen molar-refractivity contribution in [1.29, 1.82) is 0 Å². The number of anilines is 1. The number of nitrogens with one attached hydrogen (secondary N) is 1. The quantitative estimate of drug-likeness (QED) is 0.437. The molecule has 0 spiro atoms. The first-order chi connectivity index (χ1) is 15.0. The van der Waals surface area contributed by atoms with Gasteiger partial charge in [0.05, 0.1) is 15.7 Å². The van der Waals surface area contributed by atoms with Crippen LogP contribution in [0.15, 0.2) is 36.0 Å². The van der Waals surface area contributed by atoms with Gasteiger partial charge >= 0.3 is 6.09 Å². The van der Waals surface area contributed by atoms with Gasteiger partial charge in [0.2, 0.25) is 5.95 Å². The molecule has 0 aliphatic heterocycles. The van der Waals surface area contributed by atoms with E-state index in [4.69, 9.17) is 4.74 Å². The van der Waals surface area contributed by atoms with Crippen LogP contribution in [-0.4, -0.2) is 41.9 Å². The average molecular weight is 450 g/mol. The number of carbonyl (C=O) groups excluding carboxylic acids is 1. The molecule has 4 aromatic heterocycles. The maximum Gasteiger partial charge on any atom is 0.414 e. The zero-order valence-electron chi connectivity index (χ0n) is 18.4. The standard InChI is InChI=1S/C23H23N5O3S/c1-22(2,3)31-21(29)27-20-25-16-8-11-32-18(16)19(26-20)28-10-7-14-13-24-15(12-17(14)28)6-9-23(4,5)30/h7-8,10-13,30H,1-5H3,(H,25,26,27,29). The predicted molar refractivity (Wildman–Crippen MR) is 125 cm³/mol. The molecule has 32 heavy (non-hydrogen) atoms. The Hall–Kier alpha value is -3.48. The van der Waals surface area contributed by atoms with Crippen molar-refractivity contribution in [3.8, 4) is 17.7 Å². The molecule has 0 fully saturated rings. The van der Waals surface area contributed by atoms with Gasteiger partial charge in [0.15, 0.2) is 5.82 Å². The van der Waals surface area contributed by atoms with E-state index in [2.05, 4.69) is 32.1 Å². The first-order valence-corrected chi connectivity index (χ1v) is 10.8. The van der Waals surface area contributed by atoms with Gasteiger partial charge in [0.25, 0.3) is 0 Å². The van der Waals surface area contributed by atoms with Crippen LogP contribution in [0.5, 0.6) is 0 Å². The lowest BCUT2D eigenvalue weighted by molar-refractivity contribution is 0.0634.